The maximum Gasteiger partial charge on any atom is 0.238 e. The molecule has 1 aromatic heterocycles. The first-order valence-corrected chi connectivity index (χ1v) is 9.21. The second kappa shape index (κ2) is 6.27. The zero-order valence-corrected chi connectivity index (χ0v) is 15.0. The maximum atomic E-state index is 12.8. The van der Waals surface area contributed by atoms with Gasteiger partial charge in [0.15, 0.2) is 0 Å². The van der Waals surface area contributed by atoms with Crippen molar-refractivity contribution in [1.29, 1.82) is 0 Å². The van der Waals surface area contributed by atoms with Crippen LogP contribution in [0, 0.1) is 12.3 Å². The number of nitrogens with zero attached hydrogens (tertiary/aromatic N) is 2. The number of amides is 2. The second-order valence-electron chi connectivity index (χ2n) is 7.60. The summed E-state index contributed by atoms with van der Waals surface area (Å²) in [6, 6.07) is 8.38. The van der Waals surface area contributed by atoms with Crippen LogP contribution < -0.4 is 5.73 Å². The molecule has 4 rings (SSSR count). The number of benzene rings is 1. The SMILES string of the molecule is Cc1ccc(-c2cn[nH]c2[C@H]2CCCN(C(=O)C3(C(N)=O)CC3)C2)cc1. The molecule has 136 valence electrons. The fourth-order valence-electron chi connectivity index (χ4n) is 3.96. The number of carbonyl (C=O) groups excluding carboxylic acids is 2. The Morgan fingerprint density at radius 3 is 2.65 bits per heavy atom. The number of nitrogens with two attached hydrogens (primary N) is 1. The molecule has 0 bridgehead atoms. The molecule has 2 aliphatic rings. The monoisotopic (exact) mass is 352 g/mol. The highest BCUT2D eigenvalue weighted by Gasteiger charge is 2.57. The van der Waals surface area contributed by atoms with Crippen LogP contribution in [0.25, 0.3) is 11.1 Å². The van der Waals surface area contributed by atoms with Gasteiger partial charge in [0.1, 0.15) is 5.41 Å². The van der Waals surface area contributed by atoms with Crippen LogP contribution in [-0.2, 0) is 9.59 Å². The Morgan fingerprint density at radius 1 is 1.27 bits per heavy atom. The Bertz CT molecular complexity index is 836. The summed E-state index contributed by atoms with van der Waals surface area (Å²) >= 11 is 0. The van der Waals surface area contributed by atoms with Gasteiger partial charge in [-0.15, -0.1) is 0 Å². The van der Waals surface area contributed by atoms with Crippen LogP contribution in [-0.4, -0.2) is 40.0 Å². The van der Waals surface area contributed by atoms with Gasteiger partial charge in [-0.3, -0.25) is 14.7 Å². The molecule has 3 N–H and O–H groups in total. The molecule has 1 aliphatic heterocycles. The Kier molecular flexibility index (Phi) is 4.05. The van der Waals surface area contributed by atoms with Crippen molar-refractivity contribution in [2.75, 3.05) is 13.1 Å². The highest BCUT2D eigenvalue weighted by Crippen LogP contribution is 2.47. The number of hydrogen-bond donors (Lipinski definition) is 2. The van der Waals surface area contributed by atoms with Crippen LogP contribution in [0.3, 0.4) is 0 Å². The smallest absolute Gasteiger partial charge is 0.238 e. The van der Waals surface area contributed by atoms with E-state index in [4.69, 9.17) is 5.73 Å². The number of hydrogen-bond acceptors (Lipinski definition) is 3. The lowest BCUT2D eigenvalue weighted by molar-refractivity contribution is -0.143. The van der Waals surface area contributed by atoms with Crippen molar-refractivity contribution >= 4 is 11.8 Å². The van der Waals surface area contributed by atoms with Crippen LogP contribution in [0.15, 0.2) is 30.5 Å². The summed E-state index contributed by atoms with van der Waals surface area (Å²) in [5.74, 6) is -0.382. The van der Waals surface area contributed by atoms with Crippen LogP contribution in [0.4, 0.5) is 0 Å². The van der Waals surface area contributed by atoms with E-state index in [1.54, 1.807) is 0 Å². The summed E-state index contributed by atoms with van der Waals surface area (Å²) in [7, 11) is 0. The van der Waals surface area contributed by atoms with Crippen LogP contribution >= 0.6 is 0 Å². The van der Waals surface area contributed by atoms with Gasteiger partial charge in [-0.25, -0.2) is 0 Å². The normalized spacial score (nSPS) is 21.4. The zero-order chi connectivity index (χ0) is 18.3. The van der Waals surface area contributed by atoms with Crippen molar-refractivity contribution in [3.63, 3.8) is 0 Å². The number of primary amides is 1. The molecule has 1 aromatic carbocycles. The van der Waals surface area contributed by atoms with E-state index in [0.29, 0.717) is 25.9 Å². The summed E-state index contributed by atoms with van der Waals surface area (Å²) in [4.78, 5) is 26.4. The number of likely N-dealkylation sites (tertiary alicyclic amines) is 1. The Labute approximate surface area is 152 Å². The minimum atomic E-state index is -0.935. The first-order valence-electron chi connectivity index (χ1n) is 9.21. The third kappa shape index (κ3) is 2.79. The van der Waals surface area contributed by atoms with Crippen LogP contribution in [0.1, 0.15) is 42.9 Å². The molecule has 2 heterocycles. The van der Waals surface area contributed by atoms with Crippen molar-refractivity contribution in [1.82, 2.24) is 15.1 Å². The molecule has 6 heteroatoms. The van der Waals surface area contributed by atoms with Crippen molar-refractivity contribution in [3.8, 4) is 11.1 Å². The molecule has 0 spiro atoms. The van der Waals surface area contributed by atoms with E-state index in [9.17, 15) is 9.59 Å². The number of rotatable bonds is 4. The Hall–Kier alpha value is -2.63. The van der Waals surface area contributed by atoms with E-state index < -0.39 is 11.3 Å². The fraction of sp³-hybridized carbons (Fsp3) is 0.450. The minimum absolute atomic E-state index is 0.0916. The molecule has 1 saturated heterocycles. The van der Waals surface area contributed by atoms with E-state index in [1.807, 2.05) is 11.1 Å². The van der Waals surface area contributed by atoms with Gasteiger partial charge in [-0.05, 0) is 38.2 Å². The summed E-state index contributed by atoms with van der Waals surface area (Å²) in [6.45, 7) is 3.37. The van der Waals surface area contributed by atoms with E-state index in [-0.39, 0.29) is 11.8 Å². The number of aromatic amines is 1. The van der Waals surface area contributed by atoms with Gasteiger partial charge < -0.3 is 10.6 Å². The molecular weight excluding hydrogens is 328 g/mol. The van der Waals surface area contributed by atoms with Gasteiger partial charge >= 0.3 is 0 Å². The first-order chi connectivity index (χ1) is 12.5. The molecule has 2 fully saturated rings. The minimum Gasteiger partial charge on any atom is -0.369 e. The fourth-order valence-corrected chi connectivity index (χ4v) is 3.96. The number of piperidine rings is 1. The number of H-pyrrole nitrogens is 1. The van der Waals surface area contributed by atoms with Crippen LogP contribution in [0.5, 0.6) is 0 Å². The maximum absolute atomic E-state index is 12.8. The summed E-state index contributed by atoms with van der Waals surface area (Å²) < 4.78 is 0. The zero-order valence-electron chi connectivity index (χ0n) is 15.0. The lowest BCUT2D eigenvalue weighted by Gasteiger charge is -2.34. The number of nitrogens with one attached hydrogen (secondary N) is 1. The van der Waals surface area contributed by atoms with Crippen LogP contribution in [0.2, 0.25) is 0 Å². The quantitative estimate of drug-likeness (QED) is 0.827. The second-order valence-corrected chi connectivity index (χ2v) is 7.60. The summed E-state index contributed by atoms with van der Waals surface area (Å²) in [5, 5.41) is 7.40. The van der Waals surface area contributed by atoms with Gasteiger partial charge in [0.25, 0.3) is 0 Å². The van der Waals surface area contributed by atoms with Gasteiger partial charge in [0.05, 0.1) is 6.20 Å². The van der Waals surface area contributed by atoms with Crippen molar-refractivity contribution < 1.29 is 9.59 Å². The lowest BCUT2D eigenvalue weighted by atomic mass is 9.89. The van der Waals surface area contributed by atoms with Gasteiger partial charge in [-0.1, -0.05) is 29.8 Å². The third-order valence-corrected chi connectivity index (χ3v) is 5.78. The standard InChI is InChI=1S/C20H24N4O2/c1-13-4-6-14(7-5-13)16-11-22-23-17(16)15-3-2-10-24(12-15)19(26)20(8-9-20)18(21)25/h4-7,11,15H,2-3,8-10,12H2,1H3,(H2,21,25)(H,22,23)/t15-/m0/s1. The molecule has 1 saturated carbocycles. The Balaban J connectivity index is 1.56. The van der Waals surface area contributed by atoms with Gasteiger partial charge in [0, 0.05) is 30.3 Å². The molecular formula is C20H24N4O2. The van der Waals surface area contributed by atoms with Crippen molar-refractivity contribution in [2.45, 2.75) is 38.5 Å². The highest BCUT2D eigenvalue weighted by atomic mass is 16.2. The third-order valence-electron chi connectivity index (χ3n) is 5.78. The Morgan fingerprint density at radius 2 is 2.00 bits per heavy atom. The summed E-state index contributed by atoms with van der Waals surface area (Å²) in [6.07, 6.45) is 4.93. The largest absolute Gasteiger partial charge is 0.369 e. The van der Waals surface area contributed by atoms with E-state index in [0.717, 1.165) is 29.7 Å². The lowest BCUT2D eigenvalue weighted by Crippen LogP contribution is -2.47. The molecule has 0 radical (unpaired) electrons. The molecule has 1 atom stereocenters. The van der Waals surface area contributed by atoms with Crippen molar-refractivity contribution in [2.24, 2.45) is 11.1 Å². The highest BCUT2D eigenvalue weighted by molar-refractivity contribution is 6.07. The van der Waals surface area contributed by atoms with Gasteiger partial charge in [-0.2, -0.15) is 5.10 Å². The van der Waals surface area contributed by atoms with E-state index in [1.165, 1.54) is 5.56 Å². The predicted molar refractivity (Wildman–Crippen MR) is 98.2 cm³/mol. The van der Waals surface area contributed by atoms with E-state index in [2.05, 4.69) is 41.4 Å². The number of aromatic nitrogens is 2. The topological polar surface area (TPSA) is 92.1 Å². The molecule has 1 aliphatic carbocycles. The molecule has 6 nitrogen and oxygen atoms in total. The molecule has 0 unspecified atom stereocenters. The molecule has 2 aromatic rings. The molecule has 26 heavy (non-hydrogen) atoms. The predicted octanol–water partition coefficient (Wildman–Crippen LogP) is 2.36. The number of carbonyl (C=O) groups is 2. The average molecular weight is 352 g/mol. The average Bonchev–Trinajstić information content (AvgIpc) is 3.33. The first kappa shape index (κ1) is 16.8. The molecule has 2 amide bonds. The summed E-state index contributed by atoms with van der Waals surface area (Å²) in [5.41, 5.74) is 9.03. The number of aryl methyl sites for hydroxylation is 1. The van der Waals surface area contributed by atoms with Crippen molar-refractivity contribution in [3.05, 3.63) is 41.7 Å². The van der Waals surface area contributed by atoms with E-state index >= 15 is 0 Å². The van der Waals surface area contributed by atoms with Gasteiger partial charge in [0.2, 0.25) is 11.8 Å².